The molecule has 0 bridgehead atoms. The highest BCUT2D eigenvalue weighted by atomic mass is 32.1. The van der Waals surface area contributed by atoms with Gasteiger partial charge in [-0.2, -0.15) is 0 Å². The third-order valence-electron chi connectivity index (χ3n) is 10.5. The second-order valence-corrected chi connectivity index (χ2v) is 14.4. The summed E-state index contributed by atoms with van der Waals surface area (Å²) in [4.78, 5) is 0. The summed E-state index contributed by atoms with van der Waals surface area (Å²) < 4.78 is 2.70. The average molecular weight is 603 g/mol. The molecule has 1 heteroatoms. The van der Waals surface area contributed by atoms with Gasteiger partial charge in [0.1, 0.15) is 0 Å². The van der Waals surface area contributed by atoms with E-state index in [4.69, 9.17) is 0 Å². The fourth-order valence-electron chi connectivity index (χ4n) is 8.07. The first-order chi connectivity index (χ1) is 22.5. The topological polar surface area (TPSA) is 0 Å². The summed E-state index contributed by atoms with van der Waals surface area (Å²) in [5.41, 5.74) is 10.7. The van der Waals surface area contributed by atoms with E-state index in [1.807, 2.05) is 11.3 Å². The second-order valence-electron chi connectivity index (χ2n) is 13.3. The van der Waals surface area contributed by atoms with Crippen LogP contribution in [0.3, 0.4) is 0 Å². The van der Waals surface area contributed by atoms with Gasteiger partial charge in [-0.15, -0.1) is 11.3 Å². The molecule has 0 amide bonds. The molecule has 9 aromatic rings. The number of thiophene rings is 1. The molecule has 0 fully saturated rings. The zero-order valence-corrected chi connectivity index (χ0v) is 26.6. The molecule has 46 heavy (non-hydrogen) atoms. The van der Waals surface area contributed by atoms with Crippen molar-refractivity contribution in [2.45, 2.75) is 19.3 Å². The summed E-state index contributed by atoms with van der Waals surface area (Å²) in [6.45, 7) is 4.71. The quantitative estimate of drug-likeness (QED) is 0.173. The van der Waals surface area contributed by atoms with E-state index >= 15 is 0 Å². The van der Waals surface area contributed by atoms with Gasteiger partial charge in [0.15, 0.2) is 0 Å². The van der Waals surface area contributed by atoms with Gasteiger partial charge in [-0.25, -0.2) is 0 Å². The molecular formula is C45H30S. The molecular weight excluding hydrogens is 573 g/mol. The predicted molar refractivity (Wildman–Crippen MR) is 200 cm³/mol. The maximum absolute atomic E-state index is 2.43. The number of benzene rings is 8. The Bertz CT molecular complexity index is 2720. The molecule has 0 saturated heterocycles. The van der Waals surface area contributed by atoms with Crippen molar-refractivity contribution in [2.75, 3.05) is 0 Å². The Balaban J connectivity index is 1.14. The Hall–Kier alpha value is -5.24. The second kappa shape index (κ2) is 9.39. The lowest BCUT2D eigenvalue weighted by atomic mass is 9.81. The maximum Gasteiger partial charge on any atom is 0.0433 e. The zero-order chi connectivity index (χ0) is 30.6. The van der Waals surface area contributed by atoms with E-state index < -0.39 is 0 Å². The van der Waals surface area contributed by atoms with Gasteiger partial charge in [0, 0.05) is 25.6 Å². The lowest BCUT2D eigenvalue weighted by molar-refractivity contribution is 0.660. The van der Waals surface area contributed by atoms with E-state index in [0.29, 0.717) is 0 Å². The van der Waals surface area contributed by atoms with Crippen molar-refractivity contribution in [1.82, 2.24) is 0 Å². The van der Waals surface area contributed by atoms with Crippen LogP contribution in [0.15, 0.2) is 146 Å². The minimum atomic E-state index is -0.0116. The van der Waals surface area contributed by atoms with Crippen molar-refractivity contribution in [3.8, 4) is 33.4 Å². The van der Waals surface area contributed by atoms with Crippen LogP contribution in [0, 0.1) is 0 Å². The van der Waals surface area contributed by atoms with E-state index in [2.05, 4.69) is 159 Å². The fourth-order valence-corrected chi connectivity index (χ4v) is 9.31. The summed E-state index contributed by atoms with van der Waals surface area (Å²) in [6.07, 6.45) is 0. The predicted octanol–water partition coefficient (Wildman–Crippen LogP) is 13.2. The summed E-state index contributed by atoms with van der Waals surface area (Å²) in [6, 6.07) is 54.7. The third-order valence-corrected chi connectivity index (χ3v) is 11.7. The highest BCUT2D eigenvalue weighted by molar-refractivity contribution is 7.26. The smallest absolute Gasteiger partial charge is 0.0433 e. The molecule has 0 unspecified atom stereocenters. The van der Waals surface area contributed by atoms with Gasteiger partial charge < -0.3 is 0 Å². The standard InChI is InChI=1S/C45H30S/c1-45(2)41-12-5-3-8-35(41)36-23-20-30(26-42(36)45)29-16-14-27-18-22-34-33(39(27)24-29)21-19-28-15-17-31(25-40(28)34)32-10-7-11-38-37-9-4-6-13-43(37)46-44(32)38/h3-26H,1-2H3. The normalized spacial score (nSPS) is 13.6. The number of hydrogen-bond acceptors (Lipinski definition) is 1. The minimum Gasteiger partial charge on any atom is -0.135 e. The van der Waals surface area contributed by atoms with Crippen molar-refractivity contribution in [1.29, 1.82) is 0 Å². The van der Waals surface area contributed by atoms with Gasteiger partial charge in [0.2, 0.25) is 0 Å². The van der Waals surface area contributed by atoms with Crippen LogP contribution in [0.25, 0.3) is 85.9 Å². The van der Waals surface area contributed by atoms with Crippen molar-refractivity contribution in [3.05, 3.63) is 157 Å². The lowest BCUT2D eigenvalue weighted by Crippen LogP contribution is -2.14. The third kappa shape index (κ3) is 3.61. The van der Waals surface area contributed by atoms with E-state index in [-0.39, 0.29) is 5.41 Å². The first kappa shape index (κ1) is 26.0. The highest BCUT2D eigenvalue weighted by Crippen LogP contribution is 2.50. The van der Waals surface area contributed by atoms with Crippen LogP contribution < -0.4 is 0 Å². The molecule has 0 spiro atoms. The molecule has 8 aromatic carbocycles. The molecule has 216 valence electrons. The fraction of sp³-hybridized carbons (Fsp3) is 0.0667. The molecule has 1 aliphatic carbocycles. The molecule has 1 heterocycles. The van der Waals surface area contributed by atoms with Crippen LogP contribution >= 0.6 is 11.3 Å². The Morgan fingerprint density at radius 1 is 0.391 bits per heavy atom. The van der Waals surface area contributed by atoms with Crippen molar-refractivity contribution >= 4 is 63.8 Å². The van der Waals surface area contributed by atoms with E-state index in [1.165, 1.54) is 97.0 Å². The number of fused-ring (bicyclic) bond motifs is 11. The molecule has 0 radical (unpaired) electrons. The zero-order valence-electron chi connectivity index (χ0n) is 25.8. The first-order valence-electron chi connectivity index (χ1n) is 16.1. The Morgan fingerprint density at radius 3 is 1.80 bits per heavy atom. The first-order valence-corrected chi connectivity index (χ1v) is 16.9. The Labute approximate surface area is 272 Å². The minimum absolute atomic E-state index is 0.0116. The Morgan fingerprint density at radius 2 is 0.978 bits per heavy atom. The van der Waals surface area contributed by atoms with Crippen LogP contribution in [-0.4, -0.2) is 0 Å². The molecule has 1 aliphatic rings. The van der Waals surface area contributed by atoms with Crippen molar-refractivity contribution in [2.24, 2.45) is 0 Å². The van der Waals surface area contributed by atoms with Crippen LogP contribution in [-0.2, 0) is 5.41 Å². The van der Waals surface area contributed by atoms with Crippen molar-refractivity contribution in [3.63, 3.8) is 0 Å². The van der Waals surface area contributed by atoms with E-state index in [1.54, 1.807) is 0 Å². The van der Waals surface area contributed by atoms with Crippen molar-refractivity contribution < 1.29 is 0 Å². The van der Waals surface area contributed by atoms with Gasteiger partial charge in [0.05, 0.1) is 0 Å². The molecule has 0 saturated carbocycles. The lowest BCUT2D eigenvalue weighted by Gasteiger charge is -2.22. The summed E-state index contributed by atoms with van der Waals surface area (Å²) in [7, 11) is 0. The van der Waals surface area contributed by atoms with Gasteiger partial charge in [-0.05, 0) is 101 Å². The average Bonchev–Trinajstić information content (AvgIpc) is 3.59. The maximum atomic E-state index is 2.43. The molecule has 10 rings (SSSR count). The van der Waals surface area contributed by atoms with Gasteiger partial charge in [-0.3, -0.25) is 0 Å². The number of rotatable bonds is 2. The molecule has 0 aliphatic heterocycles. The summed E-state index contributed by atoms with van der Waals surface area (Å²) in [5.74, 6) is 0. The van der Waals surface area contributed by atoms with Gasteiger partial charge >= 0.3 is 0 Å². The summed E-state index contributed by atoms with van der Waals surface area (Å²) >= 11 is 1.90. The Kier molecular flexibility index (Phi) is 5.31. The molecule has 1 aromatic heterocycles. The van der Waals surface area contributed by atoms with E-state index in [0.717, 1.165) is 0 Å². The largest absolute Gasteiger partial charge is 0.135 e. The number of hydrogen-bond donors (Lipinski definition) is 0. The molecule has 0 atom stereocenters. The van der Waals surface area contributed by atoms with Crippen LogP contribution in [0.2, 0.25) is 0 Å². The van der Waals surface area contributed by atoms with E-state index in [9.17, 15) is 0 Å². The van der Waals surface area contributed by atoms with Crippen LogP contribution in [0.5, 0.6) is 0 Å². The highest BCUT2D eigenvalue weighted by Gasteiger charge is 2.35. The monoisotopic (exact) mass is 602 g/mol. The molecule has 0 N–H and O–H groups in total. The van der Waals surface area contributed by atoms with Crippen LogP contribution in [0.4, 0.5) is 0 Å². The SMILES string of the molecule is CC1(C)c2ccccc2-c2ccc(-c3ccc4ccc5c6cc(-c7cccc8c7sc7ccccc78)ccc6ccc5c4c3)cc21. The van der Waals surface area contributed by atoms with Gasteiger partial charge in [0.25, 0.3) is 0 Å². The van der Waals surface area contributed by atoms with Gasteiger partial charge in [-0.1, -0.05) is 135 Å². The summed E-state index contributed by atoms with van der Waals surface area (Å²) in [5, 5.41) is 10.4. The molecule has 0 nitrogen and oxygen atoms in total. The van der Waals surface area contributed by atoms with Crippen LogP contribution in [0.1, 0.15) is 25.0 Å².